The molecule has 2 rings (SSSR count). The van der Waals surface area contributed by atoms with Gasteiger partial charge in [0.2, 0.25) is 0 Å². The highest BCUT2D eigenvalue weighted by atomic mass is 32.1. The molecule has 1 fully saturated rings. The van der Waals surface area contributed by atoms with Crippen LogP contribution >= 0.6 is 11.5 Å². The van der Waals surface area contributed by atoms with Crippen LogP contribution in [0.5, 0.6) is 0 Å². The van der Waals surface area contributed by atoms with Gasteiger partial charge in [-0.15, -0.1) is 5.10 Å². The van der Waals surface area contributed by atoms with Gasteiger partial charge in [0.05, 0.1) is 10.6 Å². The van der Waals surface area contributed by atoms with Gasteiger partial charge in [0.15, 0.2) is 0 Å². The summed E-state index contributed by atoms with van der Waals surface area (Å²) in [6.45, 7) is 4.37. The number of rotatable bonds is 2. The summed E-state index contributed by atoms with van der Waals surface area (Å²) in [4.78, 5) is 1.44. The average molecular weight is 168 g/mol. The van der Waals surface area contributed by atoms with Crippen molar-refractivity contribution in [1.82, 2.24) is 9.59 Å². The normalized spacial score (nSPS) is 17.7. The topological polar surface area (TPSA) is 25.8 Å². The van der Waals surface area contributed by atoms with E-state index in [0.29, 0.717) is 5.92 Å². The Kier molecular flexibility index (Phi) is 1.68. The quantitative estimate of drug-likeness (QED) is 0.678. The molecule has 3 heteroatoms. The van der Waals surface area contributed by atoms with Gasteiger partial charge in [-0.25, -0.2) is 0 Å². The molecule has 2 nitrogen and oxygen atoms in total. The van der Waals surface area contributed by atoms with Crippen molar-refractivity contribution in [1.29, 1.82) is 0 Å². The molecule has 0 unspecified atom stereocenters. The summed E-state index contributed by atoms with van der Waals surface area (Å²) in [5.41, 5.74) is 1.23. The summed E-state index contributed by atoms with van der Waals surface area (Å²) in [6.07, 6.45) is 2.70. The van der Waals surface area contributed by atoms with E-state index in [4.69, 9.17) is 0 Å². The molecule has 0 aliphatic heterocycles. The molecule has 0 spiro atoms. The summed E-state index contributed by atoms with van der Waals surface area (Å²) >= 11 is 1.59. The minimum absolute atomic E-state index is 0.546. The molecule has 11 heavy (non-hydrogen) atoms. The molecule has 1 aliphatic carbocycles. The third-order valence-corrected chi connectivity index (χ3v) is 2.94. The van der Waals surface area contributed by atoms with Gasteiger partial charge in [-0.2, -0.15) is 0 Å². The fourth-order valence-electron chi connectivity index (χ4n) is 1.23. The van der Waals surface area contributed by atoms with E-state index in [2.05, 4.69) is 23.4 Å². The van der Waals surface area contributed by atoms with Crippen LogP contribution in [0.1, 0.15) is 49.1 Å². The van der Waals surface area contributed by atoms with E-state index in [0.717, 1.165) is 5.92 Å². The van der Waals surface area contributed by atoms with Crippen molar-refractivity contribution >= 4 is 11.5 Å². The molecule has 0 aromatic carbocycles. The van der Waals surface area contributed by atoms with Crippen LogP contribution < -0.4 is 0 Å². The zero-order valence-corrected chi connectivity index (χ0v) is 7.69. The zero-order chi connectivity index (χ0) is 7.84. The van der Waals surface area contributed by atoms with Gasteiger partial charge in [-0.05, 0) is 36.2 Å². The third kappa shape index (κ3) is 1.29. The SMILES string of the molecule is CC(C)c1nnsc1C1CC1. The van der Waals surface area contributed by atoms with Crippen LogP contribution in [0.25, 0.3) is 0 Å². The zero-order valence-electron chi connectivity index (χ0n) is 6.87. The van der Waals surface area contributed by atoms with Crippen molar-refractivity contribution in [3.8, 4) is 0 Å². The first-order valence-corrected chi connectivity index (χ1v) is 4.88. The van der Waals surface area contributed by atoms with Crippen LogP contribution in [0, 0.1) is 0 Å². The minimum Gasteiger partial charge on any atom is -0.143 e. The predicted molar refractivity (Wildman–Crippen MR) is 46.0 cm³/mol. The van der Waals surface area contributed by atoms with Crippen LogP contribution in [0.2, 0.25) is 0 Å². The lowest BCUT2D eigenvalue weighted by Gasteiger charge is -2.00. The fourth-order valence-corrected chi connectivity index (χ4v) is 2.21. The van der Waals surface area contributed by atoms with Crippen molar-refractivity contribution in [2.24, 2.45) is 0 Å². The van der Waals surface area contributed by atoms with Gasteiger partial charge in [0.25, 0.3) is 0 Å². The predicted octanol–water partition coefficient (Wildman–Crippen LogP) is 2.54. The van der Waals surface area contributed by atoms with E-state index < -0.39 is 0 Å². The Morgan fingerprint density at radius 2 is 2.18 bits per heavy atom. The molecule has 60 valence electrons. The van der Waals surface area contributed by atoms with Crippen molar-refractivity contribution in [2.45, 2.75) is 38.5 Å². The lowest BCUT2D eigenvalue weighted by atomic mass is 10.1. The molecular weight excluding hydrogens is 156 g/mol. The van der Waals surface area contributed by atoms with Crippen molar-refractivity contribution in [2.75, 3.05) is 0 Å². The van der Waals surface area contributed by atoms with Crippen LogP contribution in [0.3, 0.4) is 0 Å². The molecule has 0 amide bonds. The number of hydrogen-bond donors (Lipinski definition) is 0. The maximum Gasteiger partial charge on any atom is 0.0815 e. The number of aromatic nitrogens is 2. The summed E-state index contributed by atoms with van der Waals surface area (Å²) in [5, 5.41) is 4.15. The van der Waals surface area contributed by atoms with E-state index in [1.807, 2.05) is 0 Å². The molecular formula is C8H12N2S. The van der Waals surface area contributed by atoms with Gasteiger partial charge in [-0.1, -0.05) is 18.3 Å². The Labute approximate surface area is 70.8 Å². The summed E-state index contributed by atoms with van der Waals surface area (Å²) in [6, 6.07) is 0. The Morgan fingerprint density at radius 3 is 2.73 bits per heavy atom. The van der Waals surface area contributed by atoms with E-state index in [-0.39, 0.29) is 0 Å². The number of hydrogen-bond acceptors (Lipinski definition) is 3. The first-order chi connectivity index (χ1) is 5.29. The Bertz CT molecular complexity index is 234. The van der Waals surface area contributed by atoms with E-state index >= 15 is 0 Å². The molecule has 0 radical (unpaired) electrons. The van der Waals surface area contributed by atoms with Gasteiger partial charge in [-0.3, -0.25) is 0 Å². The number of nitrogens with zero attached hydrogens (tertiary/aromatic N) is 2. The van der Waals surface area contributed by atoms with Crippen molar-refractivity contribution < 1.29 is 0 Å². The van der Waals surface area contributed by atoms with Gasteiger partial charge in [0, 0.05) is 0 Å². The van der Waals surface area contributed by atoms with Crippen LogP contribution in [0.15, 0.2) is 0 Å². The van der Waals surface area contributed by atoms with Crippen molar-refractivity contribution in [3.63, 3.8) is 0 Å². The molecule has 0 saturated heterocycles. The second-order valence-electron chi connectivity index (χ2n) is 3.45. The molecule has 0 atom stereocenters. The van der Waals surface area contributed by atoms with E-state index in [1.165, 1.54) is 23.4 Å². The standard InChI is InChI=1S/C8H12N2S/c1-5(2)7-8(6-3-4-6)11-10-9-7/h5-6H,3-4H2,1-2H3. The molecule has 1 saturated carbocycles. The smallest absolute Gasteiger partial charge is 0.0815 e. The first-order valence-electron chi connectivity index (χ1n) is 4.11. The summed E-state index contributed by atoms with van der Waals surface area (Å²) < 4.78 is 4.00. The van der Waals surface area contributed by atoms with Gasteiger partial charge in [0.1, 0.15) is 0 Å². The Morgan fingerprint density at radius 1 is 1.45 bits per heavy atom. The van der Waals surface area contributed by atoms with Crippen molar-refractivity contribution in [3.05, 3.63) is 10.6 Å². The summed E-state index contributed by atoms with van der Waals surface area (Å²) in [5.74, 6) is 1.36. The lowest BCUT2D eigenvalue weighted by molar-refractivity contribution is 0.796. The average Bonchev–Trinajstić information content (AvgIpc) is 2.68. The maximum absolute atomic E-state index is 4.15. The maximum atomic E-state index is 4.15. The highest BCUT2D eigenvalue weighted by Crippen LogP contribution is 2.44. The third-order valence-electron chi connectivity index (χ3n) is 2.04. The Balaban J connectivity index is 2.30. The van der Waals surface area contributed by atoms with E-state index in [1.54, 1.807) is 11.5 Å². The minimum atomic E-state index is 0.546. The molecule has 1 aromatic heterocycles. The van der Waals surface area contributed by atoms with Gasteiger partial charge >= 0.3 is 0 Å². The van der Waals surface area contributed by atoms with Crippen LogP contribution in [-0.2, 0) is 0 Å². The molecule has 1 heterocycles. The molecule has 1 aromatic rings. The van der Waals surface area contributed by atoms with Crippen LogP contribution in [0.4, 0.5) is 0 Å². The lowest BCUT2D eigenvalue weighted by Crippen LogP contribution is -1.91. The second-order valence-corrected chi connectivity index (χ2v) is 4.24. The second kappa shape index (κ2) is 2.55. The summed E-state index contributed by atoms with van der Waals surface area (Å²) in [7, 11) is 0. The largest absolute Gasteiger partial charge is 0.143 e. The fraction of sp³-hybridized carbons (Fsp3) is 0.750. The molecule has 1 aliphatic rings. The van der Waals surface area contributed by atoms with Gasteiger partial charge < -0.3 is 0 Å². The first kappa shape index (κ1) is 7.22. The molecule has 0 bridgehead atoms. The Hall–Kier alpha value is -0.440. The van der Waals surface area contributed by atoms with E-state index in [9.17, 15) is 0 Å². The highest BCUT2D eigenvalue weighted by Gasteiger charge is 2.29. The van der Waals surface area contributed by atoms with Crippen LogP contribution in [-0.4, -0.2) is 9.59 Å². The monoisotopic (exact) mass is 168 g/mol. The molecule has 0 N–H and O–H groups in total. The highest BCUT2D eigenvalue weighted by molar-refractivity contribution is 7.05.